The van der Waals surface area contributed by atoms with Gasteiger partial charge < -0.3 is 4.74 Å². The highest BCUT2D eigenvalue weighted by Crippen LogP contribution is 2.36. The van der Waals surface area contributed by atoms with E-state index in [1.807, 2.05) is 13.0 Å². The van der Waals surface area contributed by atoms with E-state index in [-0.39, 0.29) is 5.69 Å². The topological polar surface area (TPSA) is 65.3 Å². The molecule has 104 valence electrons. The molecular formula is C13H10Br2N2O3. The molecule has 0 spiro atoms. The molecule has 7 heteroatoms. The Labute approximate surface area is 132 Å². The van der Waals surface area contributed by atoms with Gasteiger partial charge in [0, 0.05) is 23.2 Å². The molecule has 0 unspecified atom stereocenters. The van der Waals surface area contributed by atoms with Crippen LogP contribution in [0.15, 0.2) is 34.9 Å². The Balaban J connectivity index is 2.35. The number of ether oxygens (including phenoxy) is 1. The number of rotatable bonds is 4. The van der Waals surface area contributed by atoms with Crippen LogP contribution >= 0.6 is 31.9 Å². The standard InChI is InChI=1S/C13H10Br2N2O3/c1-8-5-9(6-14)7-16-13(8)20-11-4-2-3-10(12(11)15)17(18)19/h2-5,7H,6H2,1H3. The summed E-state index contributed by atoms with van der Waals surface area (Å²) in [6, 6.07) is 6.57. The number of hydrogen-bond donors (Lipinski definition) is 0. The first-order chi connectivity index (χ1) is 9.52. The van der Waals surface area contributed by atoms with Crippen molar-refractivity contribution in [2.24, 2.45) is 0 Å². The van der Waals surface area contributed by atoms with E-state index >= 15 is 0 Å². The zero-order valence-corrected chi connectivity index (χ0v) is 13.6. The first-order valence-electron chi connectivity index (χ1n) is 5.65. The molecule has 5 nitrogen and oxygen atoms in total. The van der Waals surface area contributed by atoms with Crippen LogP contribution < -0.4 is 4.74 Å². The Morgan fingerprint density at radius 2 is 2.20 bits per heavy atom. The zero-order valence-electron chi connectivity index (χ0n) is 10.5. The summed E-state index contributed by atoms with van der Waals surface area (Å²) in [4.78, 5) is 14.6. The molecule has 0 atom stereocenters. The van der Waals surface area contributed by atoms with Gasteiger partial charge in [-0.05, 0) is 40.5 Å². The summed E-state index contributed by atoms with van der Waals surface area (Å²) < 4.78 is 5.95. The summed E-state index contributed by atoms with van der Waals surface area (Å²) in [6.45, 7) is 1.87. The average molecular weight is 402 g/mol. The van der Waals surface area contributed by atoms with E-state index in [0.29, 0.717) is 21.4 Å². The second kappa shape index (κ2) is 6.32. The van der Waals surface area contributed by atoms with Crippen LogP contribution in [0.4, 0.5) is 5.69 Å². The highest BCUT2D eigenvalue weighted by Gasteiger charge is 2.17. The Kier molecular flexibility index (Phi) is 4.72. The van der Waals surface area contributed by atoms with E-state index in [1.54, 1.807) is 18.3 Å². The van der Waals surface area contributed by atoms with Crippen molar-refractivity contribution in [3.8, 4) is 11.6 Å². The number of nitro groups is 1. The second-order valence-electron chi connectivity index (χ2n) is 4.05. The Bertz CT molecular complexity index is 662. The lowest BCUT2D eigenvalue weighted by molar-refractivity contribution is -0.385. The third-order valence-electron chi connectivity index (χ3n) is 2.59. The minimum atomic E-state index is -0.467. The normalized spacial score (nSPS) is 10.3. The molecular weight excluding hydrogens is 392 g/mol. The molecule has 0 radical (unpaired) electrons. The molecule has 0 amide bonds. The predicted molar refractivity (Wildman–Crippen MR) is 82.5 cm³/mol. The van der Waals surface area contributed by atoms with Crippen LogP contribution in [0.5, 0.6) is 11.6 Å². The first kappa shape index (κ1) is 14.9. The summed E-state index contributed by atoms with van der Waals surface area (Å²) >= 11 is 6.55. The van der Waals surface area contributed by atoms with Crippen molar-refractivity contribution < 1.29 is 9.66 Å². The summed E-state index contributed by atoms with van der Waals surface area (Å²) in [5.74, 6) is 0.789. The monoisotopic (exact) mass is 400 g/mol. The fourth-order valence-electron chi connectivity index (χ4n) is 1.62. The fourth-order valence-corrected chi connectivity index (χ4v) is 2.42. The summed E-state index contributed by atoms with van der Waals surface area (Å²) in [6.07, 6.45) is 1.70. The van der Waals surface area contributed by atoms with Crippen molar-refractivity contribution in [2.75, 3.05) is 0 Å². The van der Waals surface area contributed by atoms with Crippen LogP contribution in [-0.2, 0) is 5.33 Å². The van der Waals surface area contributed by atoms with E-state index in [4.69, 9.17) is 4.74 Å². The minimum Gasteiger partial charge on any atom is -0.437 e. The van der Waals surface area contributed by atoms with Gasteiger partial charge >= 0.3 is 0 Å². The molecule has 1 heterocycles. The van der Waals surface area contributed by atoms with Crippen LogP contribution in [0, 0.1) is 17.0 Å². The van der Waals surface area contributed by atoms with Crippen molar-refractivity contribution in [3.05, 3.63) is 56.2 Å². The maximum atomic E-state index is 10.9. The van der Waals surface area contributed by atoms with Crippen molar-refractivity contribution in [3.63, 3.8) is 0 Å². The van der Waals surface area contributed by atoms with E-state index in [0.717, 1.165) is 11.1 Å². The first-order valence-corrected chi connectivity index (χ1v) is 7.56. The van der Waals surface area contributed by atoms with Gasteiger partial charge in [-0.3, -0.25) is 10.1 Å². The predicted octanol–water partition coefficient (Wildman–Crippen LogP) is 4.75. The van der Waals surface area contributed by atoms with Gasteiger partial charge in [-0.15, -0.1) is 0 Å². The summed E-state index contributed by atoms with van der Waals surface area (Å²) in [7, 11) is 0. The molecule has 20 heavy (non-hydrogen) atoms. The highest BCUT2D eigenvalue weighted by atomic mass is 79.9. The van der Waals surface area contributed by atoms with E-state index in [1.165, 1.54) is 6.07 Å². The van der Waals surface area contributed by atoms with Crippen LogP contribution in [0.2, 0.25) is 0 Å². The largest absolute Gasteiger partial charge is 0.437 e. The van der Waals surface area contributed by atoms with Crippen LogP contribution in [0.3, 0.4) is 0 Å². The third-order valence-corrected chi connectivity index (χ3v) is 4.03. The van der Waals surface area contributed by atoms with E-state index in [2.05, 4.69) is 36.8 Å². The van der Waals surface area contributed by atoms with Gasteiger partial charge in [-0.2, -0.15) is 0 Å². The fraction of sp³-hybridized carbons (Fsp3) is 0.154. The summed E-state index contributed by atoms with van der Waals surface area (Å²) in [5.41, 5.74) is 1.85. The quantitative estimate of drug-likeness (QED) is 0.421. The maximum absolute atomic E-state index is 10.9. The van der Waals surface area contributed by atoms with Crippen LogP contribution in [0.25, 0.3) is 0 Å². The highest BCUT2D eigenvalue weighted by molar-refractivity contribution is 9.10. The van der Waals surface area contributed by atoms with Gasteiger partial charge in [-0.25, -0.2) is 4.98 Å². The maximum Gasteiger partial charge on any atom is 0.287 e. The minimum absolute atomic E-state index is 0.0442. The third kappa shape index (κ3) is 3.16. The number of benzene rings is 1. The zero-order chi connectivity index (χ0) is 14.7. The molecule has 0 N–H and O–H groups in total. The van der Waals surface area contributed by atoms with Gasteiger partial charge in [0.15, 0.2) is 5.75 Å². The SMILES string of the molecule is Cc1cc(CBr)cnc1Oc1cccc([N+](=O)[O-])c1Br. The van der Waals surface area contributed by atoms with Gasteiger partial charge in [0.1, 0.15) is 4.47 Å². The van der Waals surface area contributed by atoms with Gasteiger partial charge in [0.05, 0.1) is 4.92 Å². The number of alkyl halides is 1. The molecule has 0 aliphatic carbocycles. The molecule has 0 saturated heterocycles. The molecule has 0 bridgehead atoms. The van der Waals surface area contributed by atoms with Gasteiger partial charge in [0.25, 0.3) is 5.69 Å². The lowest BCUT2D eigenvalue weighted by Crippen LogP contribution is -1.96. The van der Waals surface area contributed by atoms with Gasteiger partial charge in [0.2, 0.25) is 5.88 Å². The van der Waals surface area contributed by atoms with Gasteiger partial charge in [-0.1, -0.05) is 22.0 Å². The second-order valence-corrected chi connectivity index (χ2v) is 5.40. The lowest BCUT2D eigenvalue weighted by Gasteiger charge is -2.09. The molecule has 1 aromatic carbocycles. The Hall–Kier alpha value is -1.47. The molecule has 0 saturated carbocycles. The number of nitrogens with zero attached hydrogens (tertiary/aromatic N) is 2. The number of hydrogen-bond acceptors (Lipinski definition) is 4. The smallest absolute Gasteiger partial charge is 0.287 e. The van der Waals surface area contributed by atoms with Crippen molar-refractivity contribution in [2.45, 2.75) is 12.3 Å². The van der Waals surface area contributed by atoms with Crippen molar-refractivity contribution >= 4 is 37.5 Å². The van der Waals surface area contributed by atoms with E-state index in [9.17, 15) is 10.1 Å². The van der Waals surface area contributed by atoms with Crippen LogP contribution in [0.1, 0.15) is 11.1 Å². The number of aromatic nitrogens is 1. The number of pyridine rings is 1. The number of aryl methyl sites for hydroxylation is 1. The van der Waals surface area contributed by atoms with E-state index < -0.39 is 4.92 Å². The molecule has 1 aromatic heterocycles. The lowest BCUT2D eigenvalue weighted by atomic mass is 10.2. The van der Waals surface area contributed by atoms with Crippen molar-refractivity contribution in [1.82, 2.24) is 4.98 Å². The number of halogens is 2. The molecule has 0 aliphatic rings. The Morgan fingerprint density at radius 3 is 2.80 bits per heavy atom. The average Bonchev–Trinajstić information content (AvgIpc) is 2.42. The molecule has 0 aliphatic heterocycles. The summed E-state index contributed by atoms with van der Waals surface area (Å²) in [5, 5.41) is 11.6. The Morgan fingerprint density at radius 1 is 1.45 bits per heavy atom. The van der Waals surface area contributed by atoms with Crippen molar-refractivity contribution in [1.29, 1.82) is 0 Å². The molecule has 0 fully saturated rings. The number of nitro benzene ring substituents is 1. The molecule has 2 rings (SSSR count). The molecule has 2 aromatic rings. The van der Waals surface area contributed by atoms with Crippen LogP contribution in [-0.4, -0.2) is 9.91 Å².